The smallest absolute Gasteiger partial charge is 0.255 e. The Bertz CT molecular complexity index is 1390. The van der Waals surface area contributed by atoms with Gasteiger partial charge in [0.25, 0.3) is 5.91 Å². The van der Waals surface area contributed by atoms with Gasteiger partial charge in [0.15, 0.2) is 5.82 Å². The summed E-state index contributed by atoms with van der Waals surface area (Å²) in [6.45, 7) is 5.02. The summed E-state index contributed by atoms with van der Waals surface area (Å²) in [6, 6.07) is 15.6. The van der Waals surface area contributed by atoms with Crippen molar-refractivity contribution in [2.75, 3.05) is 44.3 Å². The molecule has 0 spiro atoms. The molecule has 5 rings (SSSR count). The van der Waals surface area contributed by atoms with Gasteiger partial charge in [-0.15, -0.1) is 0 Å². The number of likely N-dealkylation sites (N-methyl/N-ethyl adjacent to an activating group) is 1. The number of rotatable bonds is 6. The molecule has 2 aromatic heterocycles. The standard InChI is InChI=1S/C28H28FN7O/c1-35-13-15-36(16-14-35)18-19-4-6-20(7-5-19)28(37)34-24-9-8-22(29)25(26(24)30)27-32-12-10-23(33-27)21-3-2-11-31-17-21/h2-12,17H,13-16,18,30H2,1H3,(H,34,37). The van der Waals surface area contributed by atoms with Gasteiger partial charge in [0.2, 0.25) is 0 Å². The summed E-state index contributed by atoms with van der Waals surface area (Å²) in [5.74, 6) is -0.784. The van der Waals surface area contributed by atoms with Gasteiger partial charge < -0.3 is 16.0 Å². The highest BCUT2D eigenvalue weighted by molar-refractivity contribution is 6.06. The van der Waals surface area contributed by atoms with Gasteiger partial charge in [0, 0.05) is 62.4 Å². The molecule has 0 unspecified atom stereocenters. The first-order valence-electron chi connectivity index (χ1n) is 12.1. The van der Waals surface area contributed by atoms with Gasteiger partial charge in [0.1, 0.15) is 5.82 Å². The van der Waals surface area contributed by atoms with Crippen LogP contribution in [0.3, 0.4) is 0 Å². The molecule has 1 aliphatic heterocycles. The predicted molar refractivity (Wildman–Crippen MR) is 142 cm³/mol. The van der Waals surface area contributed by atoms with Crippen LogP contribution in [0.4, 0.5) is 15.8 Å². The molecular formula is C28H28FN7O. The first kappa shape index (κ1) is 24.5. The Morgan fingerprint density at radius 1 is 1.03 bits per heavy atom. The molecule has 4 aromatic rings. The van der Waals surface area contributed by atoms with E-state index in [1.165, 1.54) is 12.1 Å². The van der Waals surface area contributed by atoms with Crippen molar-refractivity contribution < 1.29 is 9.18 Å². The van der Waals surface area contributed by atoms with E-state index in [0.717, 1.165) is 43.9 Å². The fraction of sp³-hybridized carbons (Fsp3) is 0.214. The van der Waals surface area contributed by atoms with E-state index in [2.05, 4.69) is 37.1 Å². The lowest BCUT2D eigenvalue weighted by Crippen LogP contribution is -2.43. The zero-order valence-electron chi connectivity index (χ0n) is 20.6. The molecule has 9 heteroatoms. The summed E-state index contributed by atoms with van der Waals surface area (Å²) >= 11 is 0. The number of benzene rings is 2. The van der Waals surface area contributed by atoms with Crippen LogP contribution in [0.5, 0.6) is 0 Å². The number of halogens is 1. The number of anilines is 2. The van der Waals surface area contributed by atoms with Crippen molar-refractivity contribution in [2.45, 2.75) is 6.54 Å². The average molecular weight is 498 g/mol. The summed E-state index contributed by atoms with van der Waals surface area (Å²) in [4.78, 5) is 30.5. The van der Waals surface area contributed by atoms with Crippen molar-refractivity contribution in [3.05, 3.63) is 90.1 Å². The predicted octanol–water partition coefficient (Wildman–Crippen LogP) is 3.93. The molecule has 0 radical (unpaired) electrons. The van der Waals surface area contributed by atoms with E-state index in [4.69, 9.17) is 5.73 Å². The molecular weight excluding hydrogens is 469 g/mol. The first-order valence-corrected chi connectivity index (χ1v) is 12.1. The Labute approximate surface area is 215 Å². The molecule has 37 heavy (non-hydrogen) atoms. The van der Waals surface area contributed by atoms with Crippen LogP contribution in [0.1, 0.15) is 15.9 Å². The number of nitrogens with one attached hydrogen (secondary N) is 1. The zero-order chi connectivity index (χ0) is 25.8. The van der Waals surface area contributed by atoms with E-state index in [1.54, 1.807) is 42.9 Å². The second-order valence-corrected chi connectivity index (χ2v) is 9.12. The fourth-order valence-electron chi connectivity index (χ4n) is 4.30. The number of nitrogens with two attached hydrogens (primary N) is 1. The Morgan fingerprint density at radius 2 is 1.81 bits per heavy atom. The normalized spacial score (nSPS) is 14.4. The topological polar surface area (TPSA) is 100 Å². The lowest BCUT2D eigenvalue weighted by Gasteiger charge is -2.32. The average Bonchev–Trinajstić information content (AvgIpc) is 2.93. The van der Waals surface area contributed by atoms with E-state index >= 15 is 0 Å². The third-order valence-electron chi connectivity index (χ3n) is 6.50. The monoisotopic (exact) mass is 497 g/mol. The third kappa shape index (κ3) is 5.63. The molecule has 3 N–H and O–H groups in total. The number of hydrogen-bond donors (Lipinski definition) is 2. The molecule has 2 aromatic carbocycles. The van der Waals surface area contributed by atoms with Crippen molar-refractivity contribution in [3.63, 3.8) is 0 Å². The Hall–Kier alpha value is -4.21. The van der Waals surface area contributed by atoms with Crippen LogP contribution in [-0.4, -0.2) is 63.9 Å². The van der Waals surface area contributed by atoms with Crippen LogP contribution in [0.15, 0.2) is 73.2 Å². The summed E-state index contributed by atoms with van der Waals surface area (Å²) in [6.07, 6.45) is 4.87. The number of aromatic nitrogens is 3. The lowest BCUT2D eigenvalue weighted by molar-refractivity contribution is 0.102. The minimum Gasteiger partial charge on any atom is -0.396 e. The first-order chi connectivity index (χ1) is 18.0. The van der Waals surface area contributed by atoms with Crippen molar-refractivity contribution in [1.29, 1.82) is 0 Å². The van der Waals surface area contributed by atoms with E-state index < -0.39 is 5.82 Å². The number of piperazine rings is 1. The number of hydrogen-bond acceptors (Lipinski definition) is 7. The van der Waals surface area contributed by atoms with Gasteiger partial charge in [-0.3, -0.25) is 14.7 Å². The highest BCUT2D eigenvalue weighted by Crippen LogP contribution is 2.33. The number of amides is 1. The van der Waals surface area contributed by atoms with Crippen LogP contribution in [0, 0.1) is 5.82 Å². The molecule has 1 aliphatic rings. The van der Waals surface area contributed by atoms with Crippen molar-refractivity contribution in [3.8, 4) is 22.6 Å². The highest BCUT2D eigenvalue weighted by atomic mass is 19.1. The van der Waals surface area contributed by atoms with Crippen LogP contribution >= 0.6 is 0 Å². The van der Waals surface area contributed by atoms with E-state index in [-0.39, 0.29) is 23.0 Å². The van der Waals surface area contributed by atoms with Crippen LogP contribution in [0.2, 0.25) is 0 Å². The van der Waals surface area contributed by atoms with Crippen molar-refractivity contribution in [1.82, 2.24) is 24.8 Å². The number of carbonyl (C=O) groups excluding carboxylic acids is 1. The van der Waals surface area contributed by atoms with Gasteiger partial charge in [-0.25, -0.2) is 14.4 Å². The third-order valence-corrected chi connectivity index (χ3v) is 6.50. The minimum atomic E-state index is -0.577. The molecule has 0 aliphatic carbocycles. The summed E-state index contributed by atoms with van der Waals surface area (Å²) in [5, 5.41) is 2.80. The minimum absolute atomic E-state index is 0.0334. The molecule has 1 amide bonds. The number of nitrogen functional groups attached to an aromatic ring is 1. The Balaban J connectivity index is 1.33. The molecule has 1 fully saturated rings. The summed E-state index contributed by atoms with van der Waals surface area (Å²) < 4.78 is 14.9. The zero-order valence-corrected chi connectivity index (χ0v) is 20.6. The summed E-state index contributed by atoms with van der Waals surface area (Å²) in [7, 11) is 2.13. The molecule has 0 atom stereocenters. The fourth-order valence-corrected chi connectivity index (χ4v) is 4.30. The largest absolute Gasteiger partial charge is 0.396 e. The van der Waals surface area contributed by atoms with Crippen LogP contribution < -0.4 is 11.1 Å². The second kappa shape index (κ2) is 10.8. The maximum absolute atomic E-state index is 14.9. The van der Waals surface area contributed by atoms with Crippen molar-refractivity contribution >= 4 is 17.3 Å². The number of carbonyl (C=O) groups is 1. The van der Waals surface area contributed by atoms with Crippen LogP contribution in [-0.2, 0) is 6.54 Å². The van der Waals surface area contributed by atoms with E-state index in [9.17, 15) is 9.18 Å². The second-order valence-electron chi connectivity index (χ2n) is 9.12. The Kier molecular flexibility index (Phi) is 7.16. The van der Waals surface area contributed by atoms with Gasteiger partial charge in [0.05, 0.1) is 22.6 Å². The molecule has 0 bridgehead atoms. The van der Waals surface area contributed by atoms with E-state index in [1.807, 2.05) is 18.2 Å². The maximum atomic E-state index is 14.9. The maximum Gasteiger partial charge on any atom is 0.255 e. The highest BCUT2D eigenvalue weighted by Gasteiger charge is 2.19. The van der Waals surface area contributed by atoms with Crippen molar-refractivity contribution in [2.24, 2.45) is 0 Å². The number of pyridine rings is 1. The van der Waals surface area contributed by atoms with E-state index in [0.29, 0.717) is 16.9 Å². The number of nitrogens with zero attached hydrogens (tertiary/aromatic N) is 5. The van der Waals surface area contributed by atoms with Gasteiger partial charge in [-0.1, -0.05) is 12.1 Å². The molecule has 0 saturated carbocycles. The molecule has 1 saturated heterocycles. The lowest BCUT2D eigenvalue weighted by atomic mass is 10.1. The Morgan fingerprint density at radius 3 is 2.54 bits per heavy atom. The van der Waals surface area contributed by atoms with Gasteiger partial charge in [-0.05, 0) is 55.1 Å². The van der Waals surface area contributed by atoms with Gasteiger partial charge in [-0.2, -0.15) is 0 Å². The SMILES string of the molecule is CN1CCN(Cc2ccc(C(=O)Nc3ccc(F)c(-c4nccc(-c5cccnc5)n4)c3N)cc2)CC1. The van der Waals surface area contributed by atoms with Crippen LogP contribution in [0.25, 0.3) is 22.6 Å². The molecule has 3 heterocycles. The molecule has 8 nitrogen and oxygen atoms in total. The molecule has 188 valence electrons. The van der Waals surface area contributed by atoms with Gasteiger partial charge >= 0.3 is 0 Å². The summed E-state index contributed by atoms with van der Waals surface area (Å²) in [5.41, 5.74) is 9.69. The quantitative estimate of drug-likeness (QED) is 0.390.